The second-order valence-corrected chi connectivity index (χ2v) is 8.47. The van der Waals surface area contributed by atoms with Gasteiger partial charge in [0.1, 0.15) is 17.4 Å². The van der Waals surface area contributed by atoms with Crippen molar-refractivity contribution in [3.63, 3.8) is 0 Å². The highest BCUT2D eigenvalue weighted by Gasteiger charge is 2.36. The number of carbonyl (C=O) groups excluding carboxylic acids is 1. The van der Waals surface area contributed by atoms with E-state index in [1.165, 1.54) is 5.56 Å². The summed E-state index contributed by atoms with van der Waals surface area (Å²) in [5.41, 5.74) is 4.26. The molecule has 0 bridgehead atoms. The minimum absolute atomic E-state index is 0.0885. The van der Waals surface area contributed by atoms with E-state index in [-0.39, 0.29) is 11.9 Å². The normalized spacial score (nSPS) is 19.8. The quantitative estimate of drug-likeness (QED) is 0.696. The van der Waals surface area contributed by atoms with Gasteiger partial charge < -0.3 is 14.6 Å². The number of carbonyl (C=O) groups is 1. The van der Waals surface area contributed by atoms with Gasteiger partial charge in [-0.3, -0.25) is 9.69 Å². The molecule has 1 aromatic heterocycles. The summed E-state index contributed by atoms with van der Waals surface area (Å²) in [7, 11) is 0. The molecule has 1 amide bonds. The van der Waals surface area contributed by atoms with Crippen molar-refractivity contribution in [2.24, 2.45) is 0 Å². The summed E-state index contributed by atoms with van der Waals surface area (Å²) in [4.78, 5) is 16.9. The van der Waals surface area contributed by atoms with Gasteiger partial charge in [-0.1, -0.05) is 48.5 Å². The lowest BCUT2D eigenvalue weighted by Gasteiger charge is -2.45. The van der Waals surface area contributed by atoms with Gasteiger partial charge in [0.05, 0.1) is 6.54 Å². The van der Waals surface area contributed by atoms with Crippen molar-refractivity contribution in [3.8, 4) is 0 Å². The number of hydrogen-bond donors (Lipinski definition) is 1. The van der Waals surface area contributed by atoms with Crippen molar-refractivity contribution >= 4 is 28.5 Å². The summed E-state index contributed by atoms with van der Waals surface area (Å²) >= 11 is 6.04. The molecule has 5 nitrogen and oxygen atoms in total. The number of nitrogens with zero attached hydrogens (tertiary/aromatic N) is 2. The van der Waals surface area contributed by atoms with Crippen LogP contribution >= 0.6 is 11.6 Å². The summed E-state index contributed by atoms with van der Waals surface area (Å²) in [6.07, 6.45) is 0.710. The Labute approximate surface area is 180 Å². The van der Waals surface area contributed by atoms with E-state index in [0.717, 1.165) is 52.6 Å². The Bertz CT molecular complexity index is 1110. The molecule has 0 aliphatic carbocycles. The van der Waals surface area contributed by atoms with E-state index < -0.39 is 0 Å². The summed E-state index contributed by atoms with van der Waals surface area (Å²) in [6.45, 7) is 7.81. The maximum Gasteiger partial charge on any atom is 0.244 e. The molecule has 2 fully saturated rings. The van der Waals surface area contributed by atoms with Crippen LogP contribution in [0.15, 0.2) is 65.2 Å². The predicted octanol–water partition coefficient (Wildman–Crippen LogP) is 3.81. The molecule has 2 aliphatic heterocycles. The van der Waals surface area contributed by atoms with Gasteiger partial charge in [-0.15, -0.1) is 0 Å². The third-order valence-electron chi connectivity index (χ3n) is 6.08. The van der Waals surface area contributed by atoms with Crippen molar-refractivity contribution < 1.29 is 9.21 Å². The molecule has 154 valence electrons. The Kier molecular flexibility index (Phi) is 5.01. The zero-order valence-corrected chi connectivity index (χ0v) is 17.5. The van der Waals surface area contributed by atoms with Crippen LogP contribution in [0.3, 0.4) is 0 Å². The molecule has 6 heteroatoms. The number of rotatable bonds is 4. The van der Waals surface area contributed by atoms with Gasteiger partial charge in [0.15, 0.2) is 0 Å². The monoisotopic (exact) mass is 421 g/mol. The van der Waals surface area contributed by atoms with E-state index in [4.69, 9.17) is 16.0 Å². The first-order valence-corrected chi connectivity index (χ1v) is 10.6. The first-order valence-electron chi connectivity index (χ1n) is 10.3. The van der Waals surface area contributed by atoms with Gasteiger partial charge >= 0.3 is 0 Å². The fourth-order valence-electron chi connectivity index (χ4n) is 4.47. The molecule has 2 aliphatic rings. The van der Waals surface area contributed by atoms with Crippen LogP contribution in [0.1, 0.15) is 16.9 Å². The molecule has 2 aromatic carbocycles. The van der Waals surface area contributed by atoms with Crippen LogP contribution in [-0.4, -0.2) is 47.9 Å². The lowest BCUT2D eigenvalue weighted by molar-refractivity contribution is -0.130. The van der Waals surface area contributed by atoms with Crippen molar-refractivity contribution in [1.29, 1.82) is 0 Å². The van der Waals surface area contributed by atoms with Crippen molar-refractivity contribution in [1.82, 2.24) is 15.1 Å². The predicted molar refractivity (Wildman–Crippen MR) is 118 cm³/mol. The molecule has 3 heterocycles. The van der Waals surface area contributed by atoms with Crippen LogP contribution < -0.4 is 5.32 Å². The lowest BCUT2D eigenvalue weighted by atomic mass is 10.0. The highest BCUT2D eigenvalue weighted by molar-refractivity contribution is 6.30. The molecule has 0 saturated carbocycles. The highest BCUT2D eigenvalue weighted by atomic mass is 35.5. The Morgan fingerprint density at radius 1 is 1.13 bits per heavy atom. The number of amides is 1. The Morgan fingerprint density at radius 2 is 1.93 bits per heavy atom. The smallest absolute Gasteiger partial charge is 0.244 e. The number of furan rings is 1. The number of para-hydroxylation sites is 1. The molecule has 3 aromatic rings. The van der Waals surface area contributed by atoms with E-state index in [1.54, 1.807) is 0 Å². The second kappa shape index (κ2) is 7.82. The van der Waals surface area contributed by atoms with Crippen LogP contribution in [0.5, 0.6) is 0 Å². The molecule has 1 N–H and O–H groups in total. The van der Waals surface area contributed by atoms with E-state index in [2.05, 4.69) is 27.8 Å². The lowest BCUT2D eigenvalue weighted by Crippen LogP contribution is -2.62. The topological polar surface area (TPSA) is 48.7 Å². The number of fused-ring (bicyclic) bond motifs is 2. The maximum absolute atomic E-state index is 12.4. The molecule has 0 radical (unpaired) electrons. The van der Waals surface area contributed by atoms with Gasteiger partial charge in [-0.2, -0.15) is 0 Å². The number of nitrogens with one attached hydrogen (secondary N) is 1. The molecule has 1 unspecified atom stereocenters. The fourth-order valence-corrected chi connectivity index (χ4v) is 4.60. The number of halogens is 1. The minimum Gasteiger partial charge on any atom is -0.460 e. The molecular weight excluding hydrogens is 398 g/mol. The second-order valence-electron chi connectivity index (χ2n) is 8.03. The van der Waals surface area contributed by atoms with Crippen LogP contribution in [-0.2, 0) is 17.8 Å². The van der Waals surface area contributed by atoms with Gasteiger partial charge in [0, 0.05) is 54.3 Å². The molecule has 5 rings (SSSR count). The van der Waals surface area contributed by atoms with Gasteiger partial charge in [0.25, 0.3) is 0 Å². The van der Waals surface area contributed by atoms with Crippen LogP contribution in [0.4, 0.5) is 0 Å². The van der Waals surface area contributed by atoms with Gasteiger partial charge in [-0.25, -0.2) is 0 Å². The third-order valence-corrected chi connectivity index (χ3v) is 6.33. The molecular formula is C24H24ClN3O2. The van der Waals surface area contributed by atoms with Crippen LogP contribution in [0.2, 0.25) is 5.02 Å². The van der Waals surface area contributed by atoms with Gasteiger partial charge in [-0.05, 0) is 23.8 Å². The average molecular weight is 422 g/mol. The molecule has 2 saturated heterocycles. The SMILES string of the molecule is C=C1CNC(=O)C2CN(Cc3c(Cc4ccc(Cl)cc4)oc4ccccc34)CCN12. The Hall–Kier alpha value is -2.76. The first-order chi connectivity index (χ1) is 14.6. The standard InChI is InChI=1S/C24H24ClN3O2/c1-16-13-26-24(29)21-15-27(10-11-28(16)21)14-20-19-4-2-3-5-22(19)30-23(20)12-17-6-8-18(25)9-7-17/h2-9,21H,1,10-15H2,(H,26,29). The third kappa shape index (κ3) is 3.59. The summed E-state index contributed by atoms with van der Waals surface area (Å²) < 4.78 is 6.26. The summed E-state index contributed by atoms with van der Waals surface area (Å²) in [5, 5.41) is 4.82. The fraction of sp³-hybridized carbons (Fsp3) is 0.292. The van der Waals surface area contributed by atoms with Crippen molar-refractivity contribution in [3.05, 3.63) is 82.7 Å². The summed E-state index contributed by atoms with van der Waals surface area (Å²) in [5.74, 6) is 1.06. The zero-order valence-electron chi connectivity index (χ0n) is 16.7. The number of benzene rings is 2. The summed E-state index contributed by atoms with van der Waals surface area (Å²) in [6, 6.07) is 15.9. The van der Waals surface area contributed by atoms with E-state index in [0.29, 0.717) is 19.5 Å². The van der Waals surface area contributed by atoms with Crippen molar-refractivity contribution in [2.45, 2.75) is 19.0 Å². The molecule has 0 spiro atoms. The van der Waals surface area contributed by atoms with Gasteiger partial charge in [0.2, 0.25) is 5.91 Å². The minimum atomic E-state index is -0.169. The first kappa shape index (κ1) is 19.2. The zero-order chi connectivity index (χ0) is 20.7. The number of piperazine rings is 2. The van der Waals surface area contributed by atoms with Crippen molar-refractivity contribution in [2.75, 3.05) is 26.2 Å². The van der Waals surface area contributed by atoms with Crippen LogP contribution in [0.25, 0.3) is 11.0 Å². The van der Waals surface area contributed by atoms with Crippen LogP contribution in [0, 0.1) is 0 Å². The molecule has 30 heavy (non-hydrogen) atoms. The Morgan fingerprint density at radius 3 is 2.77 bits per heavy atom. The van der Waals surface area contributed by atoms with E-state index in [1.807, 2.05) is 42.5 Å². The van der Waals surface area contributed by atoms with E-state index >= 15 is 0 Å². The Balaban J connectivity index is 1.43. The highest BCUT2D eigenvalue weighted by Crippen LogP contribution is 2.30. The largest absolute Gasteiger partial charge is 0.460 e. The maximum atomic E-state index is 12.4. The average Bonchev–Trinajstić information content (AvgIpc) is 3.09. The molecule has 1 atom stereocenters. The number of hydrogen-bond acceptors (Lipinski definition) is 4. The van der Waals surface area contributed by atoms with E-state index in [9.17, 15) is 4.79 Å².